The summed E-state index contributed by atoms with van der Waals surface area (Å²) in [4.78, 5) is 35.4. The van der Waals surface area contributed by atoms with E-state index in [4.69, 9.17) is 9.47 Å². The van der Waals surface area contributed by atoms with Gasteiger partial charge in [-0.15, -0.1) is 0 Å². The van der Waals surface area contributed by atoms with Crippen molar-refractivity contribution in [2.75, 3.05) is 31.1 Å². The highest BCUT2D eigenvalue weighted by Crippen LogP contribution is 2.39. The van der Waals surface area contributed by atoms with Gasteiger partial charge < -0.3 is 19.3 Å². The van der Waals surface area contributed by atoms with Crippen molar-refractivity contribution in [1.82, 2.24) is 4.90 Å². The van der Waals surface area contributed by atoms with Gasteiger partial charge in [-0.25, -0.2) is 9.18 Å². The maximum atomic E-state index is 13.6. The number of likely N-dealkylation sites (tertiary alicyclic amines) is 1. The summed E-state index contributed by atoms with van der Waals surface area (Å²) in [5.41, 5.74) is 4.20. The van der Waals surface area contributed by atoms with Gasteiger partial charge in [-0.3, -0.25) is 14.4 Å². The molecule has 8 nitrogen and oxygen atoms in total. The molecule has 10 heteroatoms. The molecule has 2 saturated heterocycles. The summed E-state index contributed by atoms with van der Waals surface area (Å²) in [6, 6.07) is 16.6. The standard InChI is InChI=1S/C31H36FN2O6P/c1-4-39-29-18-28(22-5-7-24(32)8-6-22)27(21(2)3)17-23(29)19-33-15-13-31(14-16-33)20-34(30(35)40-31)25-9-11-26(12-10-25)41(36,37)38/h5-12,17-18,21H,4,13-16,19-20H2,1-3H3,(H2,36,37,38). The van der Waals surface area contributed by atoms with Gasteiger partial charge in [0.15, 0.2) is 0 Å². The normalized spacial score (nSPS) is 17.3. The minimum Gasteiger partial charge on any atom is -0.494 e. The van der Waals surface area contributed by atoms with Crippen LogP contribution in [0, 0.1) is 5.82 Å². The molecule has 0 radical (unpaired) electrons. The highest BCUT2D eigenvalue weighted by atomic mass is 31.2. The fourth-order valence-corrected chi connectivity index (χ4v) is 6.22. The fraction of sp³-hybridized carbons (Fsp3) is 0.387. The van der Waals surface area contributed by atoms with E-state index in [1.165, 1.54) is 34.7 Å². The van der Waals surface area contributed by atoms with Crippen LogP contribution in [0.3, 0.4) is 0 Å². The van der Waals surface area contributed by atoms with Crippen LogP contribution >= 0.6 is 7.60 Å². The quantitative estimate of drug-likeness (QED) is 0.324. The van der Waals surface area contributed by atoms with Gasteiger partial charge in [-0.1, -0.05) is 26.0 Å². The third kappa shape index (κ3) is 6.33. The summed E-state index contributed by atoms with van der Waals surface area (Å²) in [5, 5.41) is -0.0884. The highest BCUT2D eigenvalue weighted by Gasteiger charge is 2.47. The van der Waals surface area contributed by atoms with Gasteiger partial charge in [0, 0.05) is 43.7 Å². The van der Waals surface area contributed by atoms with Crippen molar-refractivity contribution in [2.24, 2.45) is 0 Å². The maximum Gasteiger partial charge on any atom is 0.415 e. The lowest BCUT2D eigenvalue weighted by Crippen LogP contribution is -2.46. The van der Waals surface area contributed by atoms with Crippen LogP contribution in [-0.4, -0.2) is 52.6 Å². The number of halogens is 1. The van der Waals surface area contributed by atoms with E-state index in [0.717, 1.165) is 35.5 Å². The number of hydrogen-bond acceptors (Lipinski definition) is 5. The lowest BCUT2D eigenvalue weighted by Gasteiger charge is -2.37. The molecule has 0 aromatic heterocycles. The Hall–Kier alpha value is -3.23. The van der Waals surface area contributed by atoms with E-state index < -0.39 is 19.3 Å². The van der Waals surface area contributed by atoms with Gasteiger partial charge in [0.05, 0.1) is 18.5 Å². The monoisotopic (exact) mass is 582 g/mol. The Morgan fingerprint density at radius 3 is 2.29 bits per heavy atom. The number of carbonyl (C=O) groups excluding carboxylic acids is 1. The summed E-state index contributed by atoms with van der Waals surface area (Å²) in [6.45, 7) is 9.35. The molecule has 5 rings (SSSR count). The smallest absolute Gasteiger partial charge is 0.415 e. The van der Waals surface area contributed by atoms with Crippen LogP contribution in [0.2, 0.25) is 0 Å². The summed E-state index contributed by atoms with van der Waals surface area (Å²) >= 11 is 0. The van der Waals surface area contributed by atoms with Gasteiger partial charge in [0.2, 0.25) is 0 Å². The Morgan fingerprint density at radius 1 is 1.05 bits per heavy atom. The Morgan fingerprint density at radius 2 is 1.71 bits per heavy atom. The molecule has 0 atom stereocenters. The second kappa shape index (κ2) is 11.6. The van der Waals surface area contributed by atoms with Crippen LogP contribution in [0.25, 0.3) is 11.1 Å². The predicted octanol–water partition coefficient (Wildman–Crippen LogP) is 5.81. The highest BCUT2D eigenvalue weighted by molar-refractivity contribution is 7.60. The molecular weight excluding hydrogens is 546 g/mol. The molecule has 0 bridgehead atoms. The molecule has 0 saturated carbocycles. The van der Waals surface area contributed by atoms with Crippen LogP contribution < -0.4 is 14.9 Å². The van der Waals surface area contributed by atoms with Crippen molar-refractivity contribution in [3.8, 4) is 16.9 Å². The molecule has 2 heterocycles. The molecule has 218 valence electrons. The van der Waals surface area contributed by atoms with E-state index in [-0.39, 0.29) is 17.0 Å². The van der Waals surface area contributed by atoms with Crippen molar-refractivity contribution in [1.29, 1.82) is 0 Å². The molecule has 3 aromatic carbocycles. The number of piperidine rings is 1. The Kier molecular flexibility index (Phi) is 8.26. The zero-order chi connectivity index (χ0) is 29.4. The van der Waals surface area contributed by atoms with Crippen LogP contribution in [-0.2, 0) is 15.8 Å². The lowest BCUT2D eigenvalue weighted by atomic mass is 9.89. The van der Waals surface area contributed by atoms with Gasteiger partial charge >= 0.3 is 13.7 Å². The second-order valence-electron chi connectivity index (χ2n) is 11.1. The van der Waals surface area contributed by atoms with E-state index in [2.05, 4.69) is 30.9 Å². The SMILES string of the molecule is CCOc1cc(-c2ccc(F)cc2)c(C(C)C)cc1CN1CCC2(CC1)CN(c1ccc(P(=O)(O)O)cc1)C(=O)O2. The van der Waals surface area contributed by atoms with E-state index >= 15 is 0 Å². The first-order valence-electron chi connectivity index (χ1n) is 13.9. The molecule has 0 unspecified atom stereocenters. The van der Waals surface area contributed by atoms with Gasteiger partial charge in [0.1, 0.15) is 17.2 Å². The first-order valence-corrected chi connectivity index (χ1v) is 15.5. The molecule has 2 aliphatic heterocycles. The number of anilines is 1. The largest absolute Gasteiger partial charge is 0.494 e. The van der Waals surface area contributed by atoms with Gasteiger partial charge in [-0.2, -0.15) is 0 Å². The summed E-state index contributed by atoms with van der Waals surface area (Å²) in [6.07, 6.45) is 0.897. The fourth-order valence-electron chi connectivity index (χ4n) is 5.68. The van der Waals surface area contributed by atoms with Crippen molar-refractivity contribution in [3.63, 3.8) is 0 Å². The molecule has 1 spiro atoms. The Bertz CT molecular complexity index is 1450. The number of benzene rings is 3. The van der Waals surface area contributed by atoms with Gasteiger partial charge in [-0.05, 0) is 78.1 Å². The topological polar surface area (TPSA) is 99.5 Å². The van der Waals surface area contributed by atoms with Crippen molar-refractivity contribution < 1.29 is 33.0 Å². The third-order valence-electron chi connectivity index (χ3n) is 7.94. The third-order valence-corrected chi connectivity index (χ3v) is 8.91. The minimum absolute atomic E-state index is 0.0884. The lowest BCUT2D eigenvalue weighted by molar-refractivity contribution is -0.00111. The summed E-state index contributed by atoms with van der Waals surface area (Å²) < 4.78 is 37.1. The number of nitrogens with zero attached hydrogens (tertiary/aromatic N) is 2. The zero-order valence-corrected chi connectivity index (χ0v) is 24.4. The van der Waals surface area contributed by atoms with Crippen molar-refractivity contribution in [2.45, 2.75) is 51.7 Å². The first-order chi connectivity index (χ1) is 19.5. The van der Waals surface area contributed by atoms with E-state index in [9.17, 15) is 23.5 Å². The molecule has 0 aliphatic carbocycles. The molecule has 2 fully saturated rings. The maximum absolute atomic E-state index is 13.6. The second-order valence-corrected chi connectivity index (χ2v) is 12.7. The van der Waals surface area contributed by atoms with Crippen molar-refractivity contribution >= 4 is 24.7 Å². The summed E-state index contributed by atoms with van der Waals surface area (Å²) in [7, 11) is -4.35. The Labute approximate surface area is 239 Å². The van der Waals surface area contributed by atoms with Crippen LogP contribution in [0.15, 0.2) is 60.7 Å². The molecule has 1 amide bonds. The number of carbonyl (C=O) groups is 1. The summed E-state index contributed by atoms with van der Waals surface area (Å²) in [5.74, 6) is 0.806. The number of amides is 1. The number of ether oxygens (including phenoxy) is 2. The predicted molar refractivity (Wildman–Crippen MR) is 156 cm³/mol. The van der Waals surface area contributed by atoms with E-state index in [1.807, 2.05) is 6.92 Å². The molecule has 41 heavy (non-hydrogen) atoms. The van der Waals surface area contributed by atoms with Crippen molar-refractivity contribution in [3.05, 3.63) is 77.6 Å². The number of hydrogen-bond donors (Lipinski definition) is 2. The average Bonchev–Trinajstić information content (AvgIpc) is 3.26. The molecular formula is C31H36FN2O6P. The van der Waals surface area contributed by atoms with E-state index in [0.29, 0.717) is 38.2 Å². The first kappa shape index (κ1) is 29.3. The van der Waals surface area contributed by atoms with Crippen LogP contribution in [0.1, 0.15) is 50.7 Å². The van der Waals surface area contributed by atoms with Crippen LogP contribution in [0.5, 0.6) is 5.75 Å². The molecule has 2 aliphatic rings. The number of rotatable bonds is 8. The Balaban J connectivity index is 1.30. The van der Waals surface area contributed by atoms with Crippen LogP contribution in [0.4, 0.5) is 14.9 Å². The van der Waals surface area contributed by atoms with E-state index in [1.54, 1.807) is 24.3 Å². The molecule has 3 aromatic rings. The molecule has 2 N–H and O–H groups in total. The average molecular weight is 583 g/mol. The minimum atomic E-state index is -4.35. The van der Waals surface area contributed by atoms with Gasteiger partial charge in [0.25, 0.3) is 0 Å². The zero-order valence-electron chi connectivity index (χ0n) is 23.5.